The van der Waals surface area contributed by atoms with Crippen molar-refractivity contribution in [3.05, 3.63) is 36.6 Å². The standard InChI is InChI=1S/C46H88NO7P/c1-6-8-10-12-14-16-18-20-22-24-25-27-29-31-33-35-37-39-46(48)52-43-45(44-54-55(49,50)53-42-40-47(3,4)5)51-41-38-36-34-32-30-28-26-23-21-19-17-15-13-11-9-7-2/h17,19-20,22,38,41,45H,6-16,18,21,23-37,39-40,42-44H2,1-5H3/p+1/b19-17-,22-20-,41-38-. The molecule has 0 saturated heterocycles. The third kappa shape index (κ3) is 43.5. The molecular weight excluding hydrogens is 709 g/mol. The molecule has 0 spiro atoms. The highest BCUT2D eigenvalue weighted by Gasteiger charge is 2.25. The number of phosphoric acid groups is 1. The summed E-state index contributed by atoms with van der Waals surface area (Å²) in [5.41, 5.74) is 0. The molecule has 0 aromatic rings. The van der Waals surface area contributed by atoms with Gasteiger partial charge in [0.15, 0.2) is 6.10 Å². The predicted octanol–water partition coefficient (Wildman–Crippen LogP) is 13.7. The SMILES string of the molecule is CCCCCC/C=C\CCCCCCCC/C=C\OC(COC(=O)CCCCCCCCC/C=C\CCCCCCCC)COP(=O)(O)OCC[N+](C)(C)C. The fourth-order valence-corrected chi connectivity index (χ4v) is 6.86. The Morgan fingerprint density at radius 1 is 0.564 bits per heavy atom. The van der Waals surface area contributed by atoms with Crippen LogP contribution >= 0.6 is 7.82 Å². The Balaban J connectivity index is 4.27. The van der Waals surface area contributed by atoms with Crippen LogP contribution in [0.1, 0.15) is 200 Å². The molecule has 0 bridgehead atoms. The summed E-state index contributed by atoms with van der Waals surface area (Å²) in [7, 11) is 1.67. The van der Waals surface area contributed by atoms with E-state index in [9.17, 15) is 14.3 Å². The number of ether oxygens (including phenoxy) is 2. The Morgan fingerprint density at radius 2 is 0.964 bits per heavy atom. The fourth-order valence-electron chi connectivity index (χ4n) is 6.11. The van der Waals surface area contributed by atoms with Crippen molar-refractivity contribution in [3.8, 4) is 0 Å². The van der Waals surface area contributed by atoms with Crippen molar-refractivity contribution in [2.24, 2.45) is 0 Å². The number of nitrogens with zero attached hydrogens (tertiary/aromatic N) is 1. The molecule has 0 aliphatic heterocycles. The Bertz CT molecular complexity index is 978. The van der Waals surface area contributed by atoms with Crippen molar-refractivity contribution < 1.29 is 37.3 Å². The molecule has 0 saturated carbocycles. The van der Waals surface area contributed by atoms with Gasteiger partial charge in [-0.15, -0.1) is 0 Å². The number of phosphoric ester groups is 1. The summed E-state index contributed by atoms with van der Waals surface area (Å²) in [6.07, 6.45) is 47.0. The van der Waals surface area contributed by atoms with E-state index in [1.54, 1.807) is 6.26 Å². The molecule has 0 heterocycles. The van der Waals surface area contributed by atoms with Crippen molar-refractivity contribution in [2.45, 2.75) is 206 Å². The van der Waals surface area contributed by atoms with Gasteiger partial charge < -0.3 is 18.9 Å². The van der Waals surface area contributed by atoms with Crippen molar-refractivity contribution in [1.82, 2.24) is 0 Å². The van der Waals surface area contributed by atoms with Crippen LogP contribution in [0.3, 0.4) is 0 Å². The minimum atomic E-state index is -4.27. The summed E-state index contributed by atoms with van der Waals surface area (Å²) in [6, 6.07) is 0. The maximum absolute atomic E-state index is 12.5. The summed E-state index contributed by atoms with van der Waals surface area (Å²) in [4.78, 5) is 22.7. The first-order valence-corrected chi connectivity index (χ1v) is 24.3. The van der Waals surface area contributed by atoms with Crippen LogP contribution in [0.5, 0.6) is 0 Å². The molecule has 0 aromatic carbocycles. The van der Waals surface area contributed by atoms with Crippen LogP contribution in [0.4, 0.5) is 0 Å². The fraction of sp³-hybridized carbons (Fsp3) is 0.848. The molecule has 0 fully saturated rings. The number of carbonyl (C=O) groups excluding carboxylic acids is 1. The van der Waals surface area contributed by atoms with E-state index in [1.165, 1.54) is 148 Å². The average molecular weight is 799 g/mol. The van der Waals surface area contributed by atoms with Gasteiger partial charge in [0.25, 0.3) is 0 Å². The minimum absolute atomic E-state index is 0.0521. The first kappa shape index (κ1) is 53.6. The van der Waals surface area contributed by atoms with Gasteiger partial charge in [-0.2, -0.15) is 0 Å². The third-order valence-corrected chi connectivity index (χ3v) is 10.7. The molecule has 9 heteroatoms. The molecule has 2 atom stereocenters. The van der Waals surface area contributed by atoms with E-state index in [0.717, 1.165) is 32.1 Å². The number of unbranched alkanes of at least 4 members (excludes halogenated alkanes) is 24. The quantitative estimate of drug-likeness (QED) is 0.0164. The largest absolute Gasteiger partial charge is 0.492 e. The topological polar surface area (TPSA) is 91.3 Å². The highest BCUT2D eigenvalue weighted by Crippen LogP contribution is 2.43. The zero-order chi connectivity index (χ0) is 40.6. The second kappa shape index (κ2) is 39.4. The van der Waals surface area contributed by atoms with E-state index in [2.05, 4.69) is 38.2 Å². The summed E-state index contributed by atoms with van der Waals surface area (Å²) < 4.78 is 34.8. The van der Waals surface area contributed by atoms with E-state index < -0.39 is 13.9 Å². The number of hydrogen-bond acceptors (Lipinski definition) is 6. The highest BCUT2D eigenvalue weighted by atomic mass is 31.2. The van der Waals surface area contributed by atoms with E-state index >= 15 is 0 Å². The van der Waals surface area contributed by atoms with Gasteiger partial charge in [-0.25, -0.2) is 4.57 Å². The molecule has 8 nitrogen and oxygen atoms in total. The molecule has 0 rings (SSSR count). The molecule has 0 aliphatic rings. The van der Waals surface area contributed by atoms with Gasteiger partial charge in [-0.3, -0.25) is 13.8 Å². The number of allylic oxidation sites excluding steroid dienone is 5. The monoisotopic (exact) mass is 799 g/mol. The first-order valence-electron chi connectivity index (χ1n) is 22.8. The molecule has 55 heavy (non-hydrogen) atoms. The van der Waals surface area contributed by atoms with Gasteiger partial charge in [0, 0.05) is 6.42 Å². The smallest absolute Gasteiger partial charge is 0.472 e. The third-order valence-electron chi connectivity index (χ3n) is 9.76. The molecule has 2 unspecified atom stereocenters. The first-order chi connectivity index (χ1) is 26.6. The zero-order valence-corrected chi connectivity index (χ0v) is 37.6. The number of esters is 1. The lowest BCUT2D eigenvalue weighted by atomic mass is 10.1. The van der Waals surface area contributed by atoms with Gasteiger partial charge in [0.2, 0.25) is 0 Å². The van der Waals surface area contributed by atoms with E-state index in [0.29, 0.717) is 17.4 Å². The summed E-state index contributed by atoms with van der Waals surface area (Å²) >= 11 is 0. The Kier molecular flexibility index (Phi) is 38.4. The van der Waals surface area contributed by atoms with Crippen LogP contribution in [-0.2, 0) is 27.9 Å². The van der Waals surface area contributed by atoms with E-state index in [1.807, 2.05) is 27.2 Å². The predicted molar refractivity (Wildman–Crippen MR) is 233 cm³/mol. The molecule has 0 amide bonds. The van der Waals surface area contributed by atoms with Gasteiger partial charge in [0.1, 0.15) is 19.8 Å². The molecule has 0 radical (unpaired) electrons. The van der Waals surface area contributed by atoms with Crippen LogP contribution in [0.25, 0.3) is 0 Å². The summed E-state index contributed by atoms with van der Waals surface area (Å²) in [5, 5.41) is 0. The maximum Gasteiger partial charge on any atom is 0.472 e. The highest BCUT2D eigenvalue weighted by molar-refractivity contribution is 7.47. The second-order valence-electron chi connectivity index (χ2n) is 16.5. The van der Waals surface area contributed by atoms with Gasteiger partial charge in [0.05, 0.1) is 34.0 Å². The van der Waals surface area contributed by atoms with Gasteiger partial charge >= 0.3 is 13.8 Å². The molecule has 324 valence electrons. The Labute approximate surface area is 340 Å². The number of quaternary nitrogens is 1. The number of hydrogen-bond donors (Lipinski definition) is 1. The molecular formula is C46H89NO7P+. The lowest BCUT2D eigenvalue weighted by Gasteiger charge is -2.24. The lowest BCUT2D eigenvalue weighted by Crippen LogP contribution is -2.37. The van der Waals surface area contributed by atoms with Crippen molar-refractivity contribution in [2.75, 3.05) is 47.5 Å². The van der Waals surface area contributed by atoms with E-state index in [4.69, 9.17) is 18.5 Å². The van der Waals surface area contributed by atoms with Crippen LogP contribution in [0.2, 0.25) is 0 Å². The summed E-state index contributed by atoms with van der Waals surface area (Å²) in [6.45, 7) is 4.89. The lowest BCUT2D eigenvalue weighted by molar-refractivity contribution is -0.870. The normalized spacial score (nSPS) is 14.0. The van der Waals surface area contributed by atoms with Crippen molar-refractivity contribution in [3.63, 3.8) is 0 Å². The zero-order valence-electron chi connectivity index (χ0n) is 36.7. The van der Waals surface area contributed by atoms with Crippen LogP contribution in [0.15, 0.2) is 36.6 Å². The van der Waals surface area contributed by atoms with Crippen molar-refractivity contribution >= 4 is 13.8 Å². The second-order valence-corrected chi connectivity index (χ2v) is 17.9. The Morgan fingerprint density at radius 3 is 1.42 bits per heavy atom. The van der Waals surface area contributed by atoms with Crippen LogP contribution < -0.4 is 0 Å². The number of likely N-dealkylation sites (N-methyl/N-ethyl adjacent to an activating group) is 1. The molecule has 1 N–H and O–H groups in total. The average Bonchev–Trinajstić information content (AvgIpc) is 3.14. The number of rotatable bonds is 42. The minimum Gasteiger partial charge on any atom is -0.492 e. The molecule has 0 aromatic heterocycles. The molecule has 0 aliphatic carbocycles. The number of carbonyl (C=O) groups is 1. The van der Waals surface area contributed by atoms with Gasteiger partial charge in [-0.05, 0) is 76.7 Å². The maximum atomic E-state index is 12.5. The van der Waals surface area contributed by atoms with E-state index in [-0.39, 0.29) is 25.8 Å². The van der Waals surface area contributed by atoms with Crippen LogP contribution in [0, 0.1) is 0 Å². The Hall–Kier alpha value is -1.44. The van der Waals surface area contributed by atoms with Gasteiger partial charge in [-0.1, -0.05) is 147 Å². The van der Waals surface area contributed by atoms with Crippen molar-refractivity contribution in [1.29, 1.82) is 0 Å². The summed E-state index contributed by atoms with van der Waals surface area (Å²) in [5.74, 6) is -0.282. The van der Waals surface area contributed by atoms with Crippen LogP contribution in [-0.4, -0.2) is 69.0 Å².